The van der Waals surface area contributed by atoms with Gasteiger partial charge in [-0.1, -0.05) is 0 Å². The van der Waals surface area contributed by atoms with Crippen molar-refractivity contribution in [3.05, 3.63) is 27.8 Å². The molecule has 0 atom stereocenters. The van der Waals surface area contributed by atoms with Crippen LogP contribution in [0.5, 0.6) is 0 Å². The summed E-state index contributed by atoms with van der Waals surface area (Å²) in [6.07, 6.45) is 1.94. The topological polar surface area (TPSA) is 93.5 Å². The molecule has 0 aliphatic carbocycles. The molecule has 1 aromatic rings. The van der Waals surface area contributed by atoms with Crippen molar-refractivity contribution in [1.29, 1.82) is 0 Å². The number of hydrogen-bond donors (Lipinski definition) is 2. The van der Waals surface area contributed by atoms with Crippen LogP contribution in [0.2, 0.25) is 0 Å². The highest BCUT2D eigenvalue weighted by atomic mass is 16.6. The van der Waals surface area contributed by atoms with Crippen LogP contribution in [0, 0.1) is 10.1 Å². The summed E-state index contributed by atoms with van der Waals surface area (Å²) < 4.78 is 4.94. The molecule has 1 amide bonds. The molecular formula is C13H17N3O4. The maximum atomic E-state index is 11.3. The Hall–Kier alpha value is -2.15. The number of carbonyl (C=O) groups is 1. The monoisotopic (exact) mass is 279 g/mol. The van der Waals surface area contributed by atoms with Crippen molar-refractivity contribution in [3.8, 4) is 0 Å². The summed E-state index contributed by atoms with van der Waals surface area (Å²) in [6.45, 7) is 1.29. The van der Waals surface area contributed by atoms with Gasteiger partial charge in [0.05, 0.1) is 11.3 Å². The Labute approximate surface area is 116 Å². The zero-order valence-electron chi connectivity index (χ0n) is 11.3. The smallest absolute Gasteiger partial charge is 0.292 e. The Morgan fingerprint density at radius 1 is 1.45 bits per heavy atom. The van der Waals surface area contributed by atoms with E-state index < -0.39 is 4.92 Å². The molecule has 0 radical (unpaired) electrons. The highest BCUT2D eigenvalue weighted by Crippen LogP contribution is 2.34. The van der Waals surface area contributed by atoms with Crippen molar-refractivity contribution in [3.63, 3.8) is 0 Å². The number of nitrogens with one attached hydrogen (secondary N) is 2. The Kier molecular flexibility index (Phi) is 4.52. The predicted octanol–water partition coefficient (Wildman–Crippen LogP) is 1.93. The lowest BCUT2D eigenvalue weighted by molar-refractivity contribution is -0.384. The molecule has 0 saturated heterocycles. The quantitative estimate of drug-likeness (QED) is 0.452. The number of carbonyl (C=O) groups excluding carboxylic acids is 1. The van der Waals surface area contributed by atoms with Crippen LogP contribution >= 0.6 is 0 Å². The van der Waals surface area contributed by atoms with E-state index in [0.717, 1.165) is 12.8 Å². The number of nitrogens with zero attached hydrogens (tertiary/aromatic N) is 1. The number of fused-ring (bicyclic) bond motifs is 1. The molecule has 0 fully saturated rings. The first kappa shape index (κ1) is 14.3. The molecule has 7 nitrogen and oxygen atoms in total. The normalized spacial score (nSPS) is 12.9. The van der Waals surface area contributed by atoms with E-state index in [0.29, 0.717) is 30.1 Å². The number of unbranched alkanes of at least 4 members (excludes halogenated alkanes) is 1. The van der Waals surface area contributed by atoms with E-state index in [1.165, 1.54) is 6.07 Å². The van der Waals surface area contributed by atoms with Gasteiger partial charge in [0.1, 0.15) is 5.69 Å². The third kappa shape index (κ3) is 3.24. The van der Waals surface area contributed by atoms with Crippen LogP contribution in [0.25, 0.3) is 0 Å². The minimum absolute atomic E-state index is 0.00647. The first-order chi connectivity index (χ1) is 9.61. The minimum atomic E-state index is -0.430. The second-order valence-corrected chi connectivity index (χ2v) is 4.64. The fourth-order valence-electron chi connectivity index (χ4n) is 2.15. The van der Waals surface area contributed by atoms with Crippen molar-refractivity contribution in [2.45, 2.75) is 19.3 Å². The summed E-state index contributed by atoms with van der Waals surface area (Å²) in [5.41, 5.74) is 1.77. The number of ether oxygens (including phenoxy) is 1. The highest BCUT2D eigenvalue weighted by Gasteiger charge is 2.24. The molecule has 1 heterocycles. The van der Waals surface area contributed by atoms with Crippen LogP contribution in [-0.2, 0) is 16.0 Å². The Bertz CT molecular complexity index is 531. The molecule has 1 aliphatic rings. The SMILES string of the molecule is COCCCCNc1cc2c(cc1[N+](=O)[O-])CC(=O)N2. The third-order valence-corrected chi connectivity index (χ3v) is 3.13. The summed E-state index contributed by atoms with van der Waals surface area (Å²) in [7, 11) is 1.64. The molecule has 108 valence electrons. The molecule has 2 rings (SSSR count). The van der Waals surface area contributed by atoms with Gasteiger partial charge >= 0.3 is 0 Å². The molecule has 0 saturated carbocycles. The molecule has 0 unspecified atom stereocenters. The molecule has 20 heavy (non-hydrogen) atoms. The average molecular weight is 279 g/mol. The van der Waals surface area contributed by atoms with Gasteiger partial charge in [-0.05, 0) is 24.5 Å². The lowest BCUT2D eigenvalue weighted by Gasteiger charge is -2.09. The van der Waals surface area contributed by atoms with E-state index in [1.807, 2.05) is 0 Å². The van der Waals surface area contributed by atoms with Gasteiger partial charge in [-0.2, -0.15) is 0 Å². The zero-order chi connectivity index (χ0) is 14.5. The van der Waals surface area contributed by atoms with Crippen molar-refractivity contribution in [2.75, 3.05) is 30.9 Å². The highest BCUT2D eigenvalue weighted by molar-refractivity contribution is 6.00. The van der Waals surface area contributed by atoms with Crippen LogP contribution in [0.15, 0.2) is 12.1 Å². The van der Waals surface area contributed by atoms with Gasteiger partial charge in [0.25, 0.3) is 5.69 Å². The van der Waals surface area contributed by atoms with Crippen LogP contribution in [0.1, 0.15) is 18.4 Å². The fraction of sp³-hybridized carbons (Fsp3) is 0.462. The second kappa shape index (κ2) is 6.33. The number of nitro groups is 1. The minimum Gasteiger partial charge on any atom is -0.385 e. The summed E-state index contributed by atoms with van der Waals surface area (Å²) in [5, 5.41) is 16.8. The Balaban J connectivity index is 2.09. The Morgan fingerprint density at radius 3 is 2.95 bits per heavy atom. The first-order valence-corrected chi connectivity index (χ1v) is 6.46. The molecule has 2 N–H and O–H groups in total. The first-order valence-electron chi connectivity index (χ1n) is 6.46. The van der Waals surface area contributed by atoms with Gasteiger partial charge in [0.15, 0.2) is 0 Å². The van der Waals surface area contributed by atoms with Crippen LogP contribution in [-0.4, -0.2) is 31.1 Å². The largest absolute Gasteiger partial charge is 0.385 e. The molecular weight excluding hydrogens is 262 g/mol. The van der Waals surface area contributed by atoms with Gasteiger partial charge in [0.2, 0.25) is 5.91 Å². The molecule has 0 aromatic heterocycles. The molecule has 0 spiro atoms. The zero-order valence-corrected chi connectivity index (χ0v) is 11.3. The number of anilines is 2. The second-order valence-electron chi connectivity index (χ2n) is 4.64. The van der Waals surface area contributed by atoms with E-state index in [-0.39, 0.29) is 18.0 Å². The summed E-state index contributed by atoms with van der Waals surface area (Å²) in [5.74, 6) is -0.133. The summed E-state index contributed by atoms with van der Waals surface area (Å²) in [4.78, 5) is 22.0. The van der Waals surface area contributed by atoms with Crippen LogP contribution < -0.4 is 10.6 Å². The molecule has 1 aliphatic heterocycles. The maximum Gasteiger partial charge on any atom is 0.292 e. The van der Waals surface area contributed by atoms with Gasteiger partial charge in [-0.25, -0.2) is 0 Å². The van der Waals surface area contributed by atoms with Gasteiger partial charge in [0, 0.05) is 32.0 Å². The third-order valence-electron chi connectivity index (χ3n) is 3.13. The standard InChI is InChI=1S/C13H17N3O4/c1-20-5-3-2-4-14-11-8-10-9(7-13(17)15-10)6-12(11)16(18)19/h6,8,14H,2-5,7H2,1H3,(H,15,17). The lowest BCUT2D eigenvalue weighted by Crippen LogP contribution is -2.06. The van der Waals surface area contributed by atoms with E-state index in [1.54, 1.807) is 13.2 Å². The lowest BCUT2D eigenvalue weighted by atomic mass is 10.1. The number of rotatable bonds is 7. The Morgan fingerprint density at radius 2 is 2.25 bits per heavy atom. The number of hydrogen-bond acceptors (Lipinski definition) is 5. The average Bonchev–Trinajstić information content (AvgIpc) is 2.76. The number of amides is 1. The van der Waals surface area contributed by atoms with Crippen LogP contribution in [0.3, 0.4) is 0 Å². The summed E-state index contributed by atoms with van der Waals surface area (Å²) in [6, 6.07) is 3.10. The molecule has 7 heteroatoms. The van der Waals surface area contributed by atoms with Crippen LogP contribution in [0.4, 0.5) is 17.1 Å². The maximum absolute atomic E-state index is 11.3. The van der Waals surface area contributed by atoms with Crippen molar-refractivity contribution >= 4 is 23.0 Å². The van der Waals surface area contributed by atoms with Crippen molar-refractivity contribution < 1.29 is 14.5 Å². The summed E-state index contributed by atoms with van der Waals surface area (Å²) >= 11 is 0. The van der Waals surface area contributed by atoms with Gasteiger partial charge < -0.3 is 15.4 Å². The van der Waals surface area contributed by atoms with E-state index in [2.05, 4.69) is 10.6 Å². The van der Waals surface area contributed by atoms with Gasteiger partial charge in [-0.15, -0.1) is 0 Å². The van der Waals surface area contributed by atoms with E-state index >= 15 is 0 Å². The number of methoxy groups -OCH3 is 1. The van der Waals surface area contributed by atoms with E-state index in [9.17, 15) is 14.9 Å². The molecule has 1 aromatic carbocycles. The van der Waals surface area contributed by atoms with Gasteiger partial charge in [-0.3, -0.25) is 14.9 Å². The van der Waals surface area contributed by atoms with Crippen molar-refractivity contribution in [2.24, 2.45) is 0 Å². The number of nitro benzene ring substituents is 1. The number of benzene rings is 1. The molecule has 0 bridgehead atoms. The van der Waals surface area contributed by atoms with Crippen molar-refractivity contribution in [1.82, 2.24) is 0 Å². The van der Waals surface area contributed by atoms with E-state index in [4.69, 9.17) is 4.74 Å². The fourth-order valence-corrected chi connectivity index (χ4v) is 2.15. The predicted molar refractivity (Wildman–Crippen MR) is 75.0 cm³/mol.